The molecule has 1 amide bonds. The van der Waals surface area contributed by atoms with E-state index < -0.39 is 42.9 Å². The molecule has 0 atom stereocenters. The Morgan fingerprint density at radius 3 is 1.49 bits per heavy atom. The number of halogens is 4. The van der Waals surface area contributed by atoms with Crippen LogP contribution in [0, 0.1) is 0 Å². The molecule has 95 heavy (non-hydrogen) atoms. The van der Waals surface area contributed by atoms with Gasteiger partial charge in [0.25, 0.3) is 20.2 Å². The van der Waals surface area contributed by atoms with E-state index in [2.05, 4.69) is 46.1 Å². The summed E-state index contributed by atoms with van der Waals surface area (Å²) in [4.78, 5) is 72.2. The molecule has 3 aliphatic rings. The number of nitrogens with two attached hydrogens (primary N) is 1. The molecule has 0 saturated carbocycles. The van der Waals surface area contributed by atoms with E-state index in [0.717, 1.165) is 51.0 Å². The predicted molar refractivity (Wildman–Crippen MR) is 348 cm³/mol. The maximum absolute atomic E-state index is 13.3. The van der Waals surface area contributed by atoms with Gasteiger partial charge in [-0.1, -0.05) is 26.7 Å². The van der Waals surface area contributed by atoms with Crippen LogP contribution in [0.5, 0.6) is 11.5 Å². The van der Waals surface area contributed by atoms with Crippen molar-refractivity contribution in [1.82, 2.24) is 64.7 Å². The second kappa shape index (κ2) is 37.4. The highest BCUT2D eigenvalue weighted by atomic mass is 35.7. The van der Waals surface area contributed by atoms with Crippen molar-refractivity contribution >= 4 is 69.7 Å². The second-order valence-electron chi connectivity index (χ2n) is 22.5. The Kier molecular flexibility index (Phi) is 31.6. The Morgan fingerprint density at radius 1 is 0.716 bits per heavy atom. The van der Waals surface area contributed by atoms with Crippen LogP contribution in [0.2, 0.25) is 0 Å². The Balaban J connectivity index is 0.000000279. The number of carboxylic acids is 1. The first-order valence-corrected chi connectivity index (χ1v) is 34.4. The lowest BCUT2D eigenvalue weighted by atomic mass is 10.1. The lowest BCUT2D eigenvalue weighted by molar-refractivity contribution is -0.192. The quantitative estimate of drug-likeness (QED) is 0.0325. The largest absolute Gasteiger partial charge is 0.493 e. The smallest absolute Gasteiger partial charge is 0.490 e. The minimum atomic E-state index is -5.08. The van der Waals surface area contributed by atoms with E-state index in [1.54, 1.807) is 47.9 Å². The molecule has 2 aromatic carbocycles. The number of aliphatic carboxylic acids is 1. The number of carboxylic acid groups (broad SMARTS) is 1. The maximum Gasteiger partial charge on any atom is 0.490 e. The number of ketones is 1. The first kappa shape index (κ1) is 80.2. The fourth-order valence-corrected chi connectivity index (χ4v) is 11.2. The van der Waals surface area contributed by atoms with Crippen LogP contribution in [0.3, 0.4) is 0 Å². The number of fused-ring (bicyclic) bond motifs is 2. The van der Waals surface area contributed by atoms with Crippen molar-refractivity contribution in [3.05, 3.63) is 68.5 Å². The van der Waals surface area contributed by atoms with Gasteiger partial charge in [0.2, 0.25) is 10.0 Å². The number of aromatic amines is 2. The van der Waals surface area contributed by atoms with Gasteiger partial charge in [-0.15, -0.1) is 0 Å². The normalized spacial score (nSPS) is 14.2. The van der Waals surface area contributed by atoms with E-state index in [9.17, 15) is 49.2 Å². The number of hydrogen-bond donors (Lipinski definition) is 10. The monoisotopic (exact) mass is 1400 g/mol. The lowest BCUT2D eigenvalue weighted by Gasteiger charge is -2.38. The van der Waals surface area contributed by atoms with Crippen molar-refractivity contribution in [3.63, 3.8) is 0 Å². The van der Waals surface area contributed by atoms with Crippen LogP contribution in [0.25, 0.3) is 44.8 Å². The van der Waals surface area contributed by atoms with Crippen LogP contribution >= 0.6 is 10.7 Å². The number of rotatable bonds is 23. The van der Waals surface area contributed by atoms with E-state index in [1.165, 1.54) is 48.9 Å². The Bertz CT molecular complexity index is 3840. The van der Waals surface area contributed by atoms with Crippen LogP contribution in [0.1, 0.15) is 92.0 Å². The molecule has 0 bridgehead atoms. The summed E-state index contributed by atoms with van der Waals surface area (Å²) in [5.74, 6) is -1.41. The highest BCUT2D eigenvalue weighted by Crippen LogP contribution is 2.35. The van der Waals surface area contributed by atoms with E-state index in [0.29, 0.717) is 122 Å². The van der Waals surface area contributed by atoms with Gasteiger partial charge in [-0.3, -0.25) is 28.6 Å². The van der Waals surface area contributed by atoms with Gasteiger partial charge in [0, 0.05) is 82.9 Å². The summed E-state index contributed by atoms with van der Waals surface area (Å²) in [6, 6.07) is 9.52. The number of ether oxygens (including phenoxy) is 3. The standard InChI is InChI=1S/C23H32N6O5S.C17H19ClN4O4S.C8H13NO3.C6H14N2O.C3H9NO.C2HF3O2/c1-4-7-18-20-21(28(3)27-18)23(31)26-22(25-20)17-12-16(8-9-19(17)34-5-2)35(32,33)29-13-15(14-29)24-10-6-11-30;1-4-6-12-14-15(22(3)21-12)17(23)20-16(19-14)11-9-10(27(18,24)25)7-8-13(11)26-5-2;1-8(2,3)12-7(11)9-4-6(10)5-9;9-3-1-2-8-6-4-7-5-6;4-2-1-3-5;3-2(4,5)1(6)7/h8-9,12,15,24,30H,4-7,10-11,13-14H2,1-3H3,(H,25,26,31);7-9H,4-6H2,1-3H3,(H,19,20,23);4-5H2,1-3H3;6-9H,1-5H2;5H,1-4H2;(H,6,7). The number of carbonyl (C=O) groups excluding carboxylic acids is 2. The molecular weight excluding hydrogens is 1320 g/mol. The molecule has 0 unspecified atom stereocenters. The van der Waals surface area contributed by atoms with Gasteiger partial charge < -0.3 is 66.3 Å². The highest BCUT2D eigenvalue weighted by molar-refractivity contribution is 8.13. The molecule has 4 aromatic heterocycles. The fraction of sp³-hybridized carbons (Fsp3) is 0.576. The van der Waals surface area contributed by atoms with E-state index in [1.807, 2.05) is 20.8 Å². The maximum atomic E-state index is 13.3. The number of alkyl halides is 3. The zero-order valence-corrected chi connectivity index (χ0v) is 57.0. The Labute approximate surface area is 552 Å². The summed E-state index contributed by atoms with van der Waals surface area (Å²) in [7, 11) is 1.17. The number of nitrogens with one attached hydrogen (secondary N) is 5. The van der Waals surface area contributed by atoms with Crippen LogP contribution in [0.4, 0.5) is 18.0 Å². The van der Waals surface area contributed by atoms with E-state index in [4.69, 9.17) is 55.8 Å². The minimum absolute atomic E-state index is 0.0569. The minimum Gasteiger partial charge on any atom is -0.493 e. The number of amides is 1. The van der Waals surface area contributed by atoms with Crippen molar-refractivity contribution < 1.29 is 79.0 Å². The number of sulfonamides is 1. The fourth-order valence-electron chi connectivity index (χ4n) is 8.86. The van der Waals surface area contributed by atoms with Crippen molar-refractivity contribution in [1.29, 1.82) is 0 Å². The zero-order valence-electron chi connectivity index (χ0n) is 54.6. The van der Waals surface area contributed by atoms with Crippen LogP contribution < -0.4 is 42.3 Å². The molecule has 6 aromatic rings. The van der Waals surface area contributed by atoms with Gasteiger partial charge in [0.15, 0.2) is 16.8 Å². The average Bonchev–Trinajstić information content (AvgIpc) is 1.24. The summed E-state index contributed by atoms with van der Waals surface area (Å²) in [5.41, 5.74) is 7.68. The molecule has 3 saturated heterocycles. The van der Waals surface area contributed by atoms with Crippen LogP contribution in [-0.4, -0.2) is 220 Å². The number of likely N-dealkylation sites (tertiary alicyclic amines) is 1. The number of carbonyl (C=O) groups is 3. The summed E-state index contributed by atoms with van der Waals surface area (Å²) >= 11 is 0. The Morgan fingerprint density at radius 2 is 1.15 bits per heavy atom. The molecule has 7 heterocycles. The van der Waals surface area contributed by atoms with Crippen LogP contribution in [-0.2, 0) is 60.3 Å². The number of Topliss-reactive ketones (excluding diaryl/α,β-unsaturated/α-hetero) is 1. The van der Waals surface area contributed by atoms with Gasteiger partial charge >= 0.3 is 18.2 Å². The lowest BCUT2D eigenvalue weighted by Crippen LogP contribution is -2.59. The zero-order chi connectivity index (χ0) is 71.0. The van der Waals surface area contributed by atoms with Crippen molar-refractivity contribution in [2.24, 2.45) is 19.8 Å². The topological polar surface area (TPSA) is 424 Å². The molecule has 0 spiro atoms. The van der Waals surface area contributed by atoms with E-state index >= 15 is 0 Å². The number of hydrogen-bond acceptors (Lipinski definition) is 23. The number of nitrogens with zero attached hydrogens (tertiary/aromatic N) is 8. The van der Waals surface area contributed by atoms with Crippen molar-refractivity contribution in [2.75, 3.05) is 91.9 Å². The number of aromatic nitrogens is 8. The average molecular weight is 1410 g/mol. The third-order valence-electron chi connectivity index (χ3n) is 13.6. The molecule has 3 fully saturated rings. The first-order valence-electron chi connectivity index (χ1n) is 30.6. The number of aliphatic hydroxyl groups is 3. The highest BCUT2D eigenvalue weighted by Gasteiger charge is 2.39. The summed E-state index contributed by atoms with van der Waals surface area (Å²) in [5, 5.41) is 51.0. The summed E-state index contributed by atoms with van der Waals surface area (Å²) < 4.78 is 103. The van der Waals surface area contributed by atoms with Gasteiger partial charge in [-0.2, -0.15) is 27.7 Å². The molecule has 30 nitrogen and oxygen atoms in total. The molecule has 3 aliphatic heterocycles. The third-order valence-corrected chi connectivity index (χ3v) is 16.8. The van der Waals surface area contributed by atoms with Gasteiger partial charge in [-0.05, 0) is 123 Å². The number of aryl methyl sites for hydroxylation is 4. The molecule has 9 rings (SSSR count). The summed E-state index contributed by atoms with van der Waals surface area (Å²) in [6.07, 6.45) is -0.236. The first-order chi connectivity index (χ1) is 44.7. The second-order valence-corrected chi connectivity index (χ2v) is 27.0. The number of H-pyrrole nitrogens is 2. The van der Waals surface area contributed by atoms with Crippen molar-refractivity contribution in [3.8, 4) is 34.3 Å². The summed E-state index contributed by atoms with van der Waals surface area (Å²) in [6.45, 7) is 19.9. The van der Waals surface area contributed by atoms with Gasteiger partial charge in [-0.25, -0.2) is 36.4 Å². The molecule has 530 valence electrons. The van der Waals surface area contributed by atoms with E-state index in [-0.39, 0.29) is 70.7 Å². The Hall–Kier alpha value is -7.19. The molecular formula is C59H88ClF3N14O16S2. The van der Waals surface area contributed by atoms with Gasteiger partial charge in [0.1, 0.15) is 39.8 Å². The van der Waals surface area contributed by atoms with Gasteiger partial charge in [0.05, 0.1) is 58.6 Å². The number of aliphatic hydroxyl groups excluding tert-OH is 3. The molecule has 36 heteroatoms. The molecule has 0 aliphatic carbocycles. The SMILES string of the molecule is CC(C)(C)OC(=O)N1CC(=O)C1.CCCc1nn(C)c2c(=O)[nH]c(-c3cc(S(=O)(=O)Cl)ccc3OCC)nc12.CCCc1nn(C)c2c(=O)[nH]c(-c3cc(S(=O)(=O)N4CC(NCCCO)C4)ccc3OCC)nc12.NCCCO.O=C(O)C(F)(F)F.OCCCNC1CNC1. The predicted octanol–water partition coefficient (Wildman–Crippen LogP) is 3.32. The third kappa shape index (κ3) is 23.8. The van der Waals surface area contributed by atoms with Crippen molar-refractivity contribution in [2.45, 2.75) is 127 Å². The molecule has 0 radical (unpaired) electrons. The van der Waals surface area contributed by atoms with Crippen LogP contribution in [0.15, 0.2) is 55.8 Å². The number of benzene rings is 2. The molecule has 11 N–H and O–H groups in total.